The highest BCUT2D eigenvalue weighted by Crippen LogP contribution is 2.20. The van der Waals surface area contributed by atoms with E-state index in [4.69, 9.17) is 0 Å². The van der Waals surface area contributed by atoms with Crippen LogP contribution in [0.4, 0.5) is 5.69 Å². The molecule has 20 heavy (non-hydrogen) atoms. The van der Waals surface area contributed by atoms with Gasteiger partial charge < -0.3 is 10.6 Å². The fourth-order valence-corrected chi connectivity index (χ4v) is 2.88. The van der Waals surface area contributed by atoms with Gasteiger partial charge in [-0.05, 0) is 45.2 Å². The van der Waals surface area contributed by atoms with Gasteiger partial charge in [-0.25, -0.2) is 0 Å². The van der Waals surface area contributed by atoms with Gasteiger partial charge in [0, 0.05) is 30.3 Å². The number of hydrogen-bond acceptors (Lipinski definition) is 4. The minimum Gasteiger partial charge on any atom is -0.314 e. The van der Waals surface area contributed by atoms with Crippen LogP contribution in [0.15, 0.2) is 24.3 Å². The number of nitrogens with zero attached hydrogens (tertiary/aromatic N) is 1. The van der Waals surface area contributed by atoms with Gasteiger partial charge in [0.25, 0.3) is 5.69 Å². The van der Waals surface area contributed by atoms with Gasteiger partial charge in [-0.3, -0.25) is 10.1 Å². The quantitative estimate of drug-likeness (QED) is 0.620. The van der Waals surface area contributed by atoms with Gasteiger partial charge in [-0.1, -0.05) is 12.1 Å². The number of nitrogens with one attached hydrogen (secondary N) is 2. The molecule has 1 aliphatic rings. The van der Waals surface area contributed by atoms with E-state index < -0.39 is 0 Å². The van der Waals surface area contributed by atoms with Gasteiger partial charge in [-0.2, -0.15) is 0 Å². The average Bonchev–Trinajstić information content (AvgIpc) is 2.91. The van der Waals surface area contributed by atoms with Crippen LogP contribution in [0.3, 0.4) is 0 Å². The maximum atomic E-state index is 10.8. The molecular formula is C15H23N3O2. The van der Waals surface area contributed by atoms with Crippen molar-refractivity contribution in [3.63, 3.8) is 0 Å². The van der Waals surface area contributed by atoms with Crippen molar-refractivity contribution in [3.05, 3.63) is 39.9 Å². The Morgan fingerprint density at radius 1 is 1.50 bits per heavy atom. The van der Waals surface area contributed by atoms with Crippen molar-refractivity contribution in [1.29, 1.82) is 0 Å². The largest absolute Gasteiger partial charge is 0.314 e. The van der Waals surface area contributed by atoms with E-state index >= 15 is 0 Å². The van der Waals surface area contributed by atoms with Crippen molar-refractivity contribution < 1.29 is 4.92 Å². The van der Waals surface area contributed by atoms with Gasteiger partial charge in [0.1, 0.15) is 0 Å². The summed E-state index contributed by atoms with van der Waals surface area (Å²) >= 11 is 0. The summed E-state index contributed by atoms with van der Waals surface area (Å²) in [6.07, 6.45) is 3.61. The standard InChI is InChI=1S/C15H23N3O2/c1-11(9-14-6-4-8-16-14)17-12(2)13-5-3-7-15(10-13)18(19)20/h3,5,7,10-12,14,16-17H,4,6,8-9H2,1-2H3. The molecule has 2 N–H and O–H groups in total. The first-order valence-electron chi connectivity index (χ1n) is 7.30. The summed E-state index contributed by atoms with van der Waals surface area (Å²) in [6, 6.07) is 7.97. The van der Waals surface area contributed by atoms with Crippen molar-refractivity contribution in [3.8, 4) is 0 Å². The lowest BCUT2D eigenvalue weighted by atomic mass is 10.0. The molecule has 5 heteroatoms. The van der Waals surface area contributed by atoms with Crippen LogP contribution in [0.5, 0.6) is 0 Å². The first-order valence-corrected chi connectivity index (χ1v) is 7.30. The highest BCUT2D eigenvalue weighted by molar-refractivity contribution is 5.35. The second-order valence-corrected chi connectivity index (χ2v) is 5.67. The molecule has 0 spiro atoms. The average molecular weight is 277 g/mol. The van der Waals surface area contributed by atoms with Crippen LogP contribution in [-0.2, 0) is 0 Å². The molecule has 0 bridgehead atoms. The lowest BCUT2D eigenvalue weighted by molar-refractivity contribution is -0.384. The van der Waals surface area contributed by atoms with E-state index in [-0.39, 0.29) is 16.7 Å². The predicted octanol–water partition coefficient (Wildman–Crippen LogP) is 2.78. The molecule has 1 aromatic carbocycles. The first kappa shape index (κ1) is 14.9. The maximum Gasteiger partial charge on any atom is 0.269 e. The molecule has 1 heterocycles. The Labute approximate surface area is 119 Å². The molecular weight excluding hydrogens is 254 g/mol. The molecule has 0 radical (unpaired) electrons. The zero-order valence-corrected chi connectivity index (χ0v) is 12.1. The predicted molar refractivity (Wildman–Crippen MR) is 79.8 cm³/mol. The van der Waals surface area contributed by atoms with E-state index in [1.165, 1.54) is 18.9 Å². The Morgan fingerprint density at radius 3 is 2.95 bits per heavy atom. The molecule has 2 rings (SSSR count). The van der Waals surface area contributed by atoms with Gasteiger partial charge >= 0.3 is 0 Å². The molecule has 5 nitrogen and oxygen atoms in total. The van der Waals surface area contributed by atoms with Crippen molar-refractivity contribution in [2.24, 2.45) is 0 Å². The van der Waals surface area contributed by atoms with E-state index in [0.29, 0.717) is 12.1 Å². The van der Waals surface area contributed by atoms with Crippen LogP contribution in [0.25, 0.3) is 0 Å². The van der Waals surface area contributed by atoms with Gasteiger partial charge in [0.15, 0.2) is 0 Å². The van der Waals surface area contributed by atoms with Crippen LogP contribution >= 0.6 is 0 Å². The Morgan fingerprint density at radius 2 is 2.30 bits per heavy atom. The highest BCUT2D eigenvalue weighted by atomic mass is 16.6. The summed E-state index contributed by atoms with van der Waals surface area (Å²) < 4.78 is 0. The maximum absolute atomic E-state index is 10.8. The van der Waals surface area contributed by atoms with Gasteiger partial charge in [-0.15, -0.1) is 0 Å². The SMILES string of the molecule is CC(CC1CCCN1)NC(C)c1cccc([N+](=O)[O-])c1. The van der Waals surface area contributed by atoms with Crippen molar-refractivity contribution in [2.45, 2.75) is 51.2 Å². The number of nitro benzene ring substituents is 1. The number of nitro groups is 1. The van der Waals surface area contributed by atoms with E-state index in [2.05, 4.69) is 24.5 Å². The first-order chi connectivity index (χ1) is 9.56. The summed E-state index contributed by atoms with van der Waals surface area (Å²) in [6.45, 7) is 5.35. The molecule has 1 aromatic rings. The smallest absolute Gasteiger partial charge is 0.269 e. The third-order valence-corrected chi connectivity index (χ3v) is 3.92. The van der Waals surface area contributed by atoms with E-state index in [1.807, 2.05) is 6.07 Å². The lowest BCUT2D eigenvalue weighted by Gasteiger charge is -2.23. The number of non-ortho nitro benzene ring substituents is 1. The summed E-state index contributed by atoms with van der Waals surface area (Å²) in [4.78, 5) is 10.5. The zero-order valence-electron chi connectivity index (χ0n) is 12.1. The minimum absolute atomic E-state index is 0.117. The number of hydrogen-bond donors (Lipinski definition) is 2. The van der Waals surface area contributed by atoms with Crippen molar-refractivity contribution in [1.82, 2.24) is 10.6 Å². The molecule has 3 atom stereocenters. The number of benzene rings is 1. The molecule has 1 aliphatic heterocycles. The third-order valence-electron chi connectivity index (χ3n) is 3.92. The molecule has 110 valence electrons. The van der Waals surface area contributed by atoms with Gasteiger partial charge in [0.2, 0.25) is 0 Å². The monoisotopic (exact) mass is 277 g/mol. The van der Waals surface area contributed by atoms with Crippen LogP contribution in [0.2, 0.25) is 0 Å². The Kier molecular flexibility index (Phi) is 5.09. The molecule has 0 aliphatic carbocycles. The molecule has 1 saturated heterocycles. The third kappa shape index (κ3) is 4.02. The molecule has 3 unspecified atom stereocenters. The van der Waals surface area contributed by atoms with Crippen LogP contribution in [0, 0.1) is 10.1 Å². The molecule has 0 saturated carbocycles. The summed E-state index contributed by atoms with van der Waals surface area (Å²) in [7, 11) is 0. The Bertz CT molecular complexity index is 458. The molecule has 0 aromatic heterocycles. The summed E-state index contributed by atoms with van der Waals surface area (Å²) in [5.74, 6) is 0. The number of rotatable bonds is 6. The van der Waals surface area contributed by atoms with E-state index in [9.17, 15) is 10.1 Å². The second kappa shape index (κ2) is 6.81. The lowest BCUT2D eigenvalue weighted by Crippen LogP contribution is -2.35. The second-order valence-electron chi connectivity index (χ2n) is 5.67. The van der Waals surface area contributed by atoms with Crippen molar-refractivity contribution >= 4 is 5.69 Å². The van der Waals surface area contributed by atoms with E-state index in [0.717, 1.165) is 18.5 Å². The highest BCUT2D eigenvalue weighted by Gasteiger charge is 2.19. The normalized spacial score (nSPS) is 21.6. The van der Waals surface area contributed by atoms with Crippen LogP contribution < -0.4 is 10.6 Å². The zero-order chi connectivity index (χ0) is 14.5. The topological polar surface area (TPSA) is 67.2 Å². The van der Waals surface area contributed by atoms with Crippen LogP contribution in [0.1, 0.15) is 44.7 Å². The van der Waals surface area contributed by atoms with Crippen LogP contribution in [-0.4, -0.2) is 23.6 Å². The van der Waals surface area contributed by atoms with E-state index in [1.54, 1.807) is 12.1 Å². The molecule has 0 amide bonds. The fourth-order valence-electron chi connectivity index (χ4n) is 2.88. The van der Waals surface area contributed by atoms with Crippen molar-refractivity contribution in [2.75, 3.05) is 6.54 Å². The fraction of sp³-hybridized carbons (Fsp3) is 0.600. The Hall–Kier alpha value is -1.46. The summed E-state index contributed by atoms with van der Waals surface area (Å²) in [5.41, 5.74) is 1.12. The minimum atomic E-state index is -0.345. The molecule has 1 fully saturated rings. The summed E-state index contributed by atoms with van der Waals surface area (Å²) in [5, 5.41) is 17.8. The van der Waals surface area contributed by atoms with Gasteiger partial charge in [0.05, 0.1) is 4.92 Å². The Balaban J connectivity index is 1.91.